The molecular weight excluding hydrogens is 530 g/mol. The van der Waals surface area contributed by atoms with Crippen LogP contribution in [0.1, 0.15) is 99.9 Å². The molecule has 0 bridgehead atoms. The van der Waals surface area contributed by atoms with Crippen molar-refractivity contribution in [2.75, 3.05) is 26.2 Å². The van der Waals surface area contributed by atoms with E-state index >= 15 is 0 Å². The van der Waals surface area contributed by atoms with Crippen molar-refractivity contribution >= 4 is 30.2 Å². The van der Waals surface area contributed by atoms with E-state index in [-0.39, 0.29) is 30.1 Å². The van der Waals surface area contributed by atoms with E-state index in [1.165, 1.54) is 6.42 Å². The van der Waals surface area contributed by atoms with Gasteiger partial charge in [0.05, 0.1) is 11.7 Å². The van der Waals surface area contributed by atoms with Crippen molar-refractivity contribution in [2.24, 2.45) is 5.92 Å². The van der Waals surface area contributed by atoms with Crippen molar-refractivity contribution in [3.8, 4) is 0 Å². The third kappa shape index (κ3) is 7.56. The van der Waals surface area contributed by atoms with Gasteiger partial charge in [-0.05, 0) is 81.5 Å². The summed E-state index contributed by atoms with van der Waals surface area (Å²) in [4.78, 5) is 42.6. The average molecular weight is 578 g/mol. The number of aliphatic hydroxyl groups excluding tert-OH is 1. The van der Waals surface area contributed by atoms with E-state index in [2.05, 4.69) is 17.1 Å². The zero-order valence-corrected chi connectivity index (χ0v) is 24.8. The number of carboxylic acid groups (broad SMARTS) is 1. The molecule has 0 aromatic heterocycles. The lowest BCUT2D eigenvalue weighted by molar-refractivity contribution is -0.165. The highest BCUT2D eigenvalue weighted by molar-refractivity contribution is 6.00. The van der Waals surface area contributed by atoms with Crippen LogP contribution < -0.4 is 5.32 Å². The van der Waals surface area contributed by atoms with Crippen LogP contribution in [-0.4, -0.2) is 81.7 Å². The first kappa shape index (κ1) is 32.4. The van der Waals surface area contributed by atoms with Gasteiger partial charge in [-0.25, -0.2) is 4.79 Å². The monoisotopic (exact) mass is 577 g/mol. The van der Waals surface area contributed by atoms with E-state index in [1.807, 2.05) is 17.0 Å². The predicted molar refractivity (Wildman–Crippen MR) is 158 cm³/mol. The zero-order chi connectivity index (χ0) is 27.8. The number of aromatic carboxylic acids is 1. The predicted octanol–water partition coefficient (Wildman–Crippen LogP) is 4.42. The Hall–Kier alpha value is -2.16. The summed E-state index contributed by atoms with van der Waals surface area (Å²) >= 11 is 0. The fourth-order valence-electron chi connectivity index (χ4n) is 6.76. The number of rotatable bonds is 12. The fraction of sp³-hybridized carbons (Fsp3) is 0.710. The van der Waals surface area contributed by atoms with Crippen molar-refractivity contribution in [3.05, 3.63) is 35.4 Å². The summed E-state index contributed by atoms with van der Waals surface area (Å²) in [5.41, 5.74) is 0.680. The largest absolute Gasteiger partial charge is 0.478 e. The molecule has 8 nitrogen and oxygen atoms in total. The van der Waals surface area contributed by atoms with Gasteiger partial charge < -0.3 is 25.3 Å². The Morgan fingerprint density at radius 2 is 1.68 bits per heavy atom. The minimum Gasteiger partial charge on any atom is -0.478 e. The Morgan fingerprint density at radius 1 is 1.00 bits per heavy atom. The van der Waals surface area contributed by atoms with Crippen LogP contribution in [0, 0.1) is 5.92 Å². The van der Waals surface area contributed by atoms with Crippen LogP contribution >= 0.6 is 12.4 Å². The Kier molecular flexibility index (Phi) is 12.3. The molecule has 3 aliphatic rings. The smallest absolute Gasteiger partial charge is 0.335 e. The van der Waals surface area contributed by atoms with Gasteiger partial charge in [0.1, 0.15) is 11.6 Å². The standard InChI is InChI=1S/C31H47N3O5.ClH/c1-2-3-20-34-28(36)26(27(35)24-11-7-4-8-12-24)32-30(39)31(34)17-21-33(22-18-31)19-9-5-6-10-23-13-15-25(16-14-23)29(37)38;/h13-16,24,26-27,35H,2-12,17-22H2,1H3,(H,32,39)(H,37,38);1H/t26-,27-;/m1./s1. The van der Waals surface area contributed by atoms with Crippen molar-refractivity contribution in [1.82, 2.24) is 15.1 Å². The number of halogens is 1. The van der Waals surface area contributed by atoms with Crippen LogP contribution in [0.2, 0.25) is 0 Å². The van der Waals surface area contributed by atoms with E-state index in [4.69, 9.17) is 5.11 Å². The van der Waals surface area contributed by atoms with E-state index in [0.717, 1.165) is 89.4 Å². The first-order valence-electron chi connectivity index (χ1n) is 15.2. The van der Waals surface area contributed by atoms with Crippen LogP contribution in [-0.2, 0) is 16.0 Å². The van der Waals surface area contributed by atoms with Gasteiger partial charge in [-0.2, -0.15) is 0 Å². The molecule has 0 unspecified atom stereocenters. The lowest BCUT2D eigenvalue weighted by atomic mass is 9.78. The lowest BCUT2D eigenvalue weighted by Gasteiger charge is -2.52. The molecule has 2 heterocycles. The number of benzene rings is 1. The summed E-state index contributed by atoms with van der Waals surface area (Å²) in [7, 11) is 0. The molecule has 40 heavy (non-hydrogen) atoms. The number of nitrogens with one attached hydrogen (secondary N) is 1. The molecule has 0 radical (unpaired) electrons. The summed E-state index contributed by atoms with van der Waals surface area (Å²) in [6.07, 6.45) is 11.6. The van der Waals surface area contributed by atoms with Gasteiger partial charge in [0.25, 0.3) is 0 Å². The van der Waals surface area contributed by atoms with E-state index in [1.54, 1.807) is 12.1 Å². The van der Waals surface area contributed by atoms with Gasteiger partial charge in [-0.3, -0.25) is 9.59 Å². The molecule has 1 spiro atoms. The zero-order valence-electron chi connectivity index (χ0n) is 24.0. The summed E-state index contributed by atoms with van der Waals surface area (Å²) in [5, 5.41) is 23.1. The second-order valence-electron chi connectivity index (χ2n) is 11.9. The fourth-order valence-corrected chi connectivity index (χ4v) is 6.76. The van der Waals surface area contributed by atoms with Gasteiger partial charge >= 0.3 is 5.97 Å². The number of carbonyl (C=O) groups excluding carboxylic acids is 2. The Morgan fingerprint density at radius 3 is 2.30 bits per heavy atom. The maximum absolute atomic E-state index is 13.7. The third-order valence-corrected chi connectivity index (χ3v) is 9.29. The summed E-state index contributed by atoms with van der Waals surface area (Å²) < 4.78 is 0. The van der Waals surface area contributed by atoms with Crippen LogP contribution in [0.25, 0.3) is 0 Å². The van der Waals surface area contributed by atoms with Crippen molar-refractivity contribution < 1.29 is 24.6 Å². The molecule has 2 saturated heterocycles. The molecule has 9 heteroatoms. The number of piperazine rings is 1. The van der Waals surface area contributed by atoms with Gasteiger partial charge in [0.15, 0.2) is 0 Å². The molecule has 3 N–H and O–H groups in total. The summed E-state index contributed by atoms with van der Waals surface area (Å²) in [6.45, 7) is 5.22. The Balaban J connectivity index is 0.00000441. The lowest BCUT2D eigenvalue weighted by Crippen LogP contribution is -2.75. The molecule has 1 saturated carbocycles. The molecular formula is C31H48ClN3O5. The highest BCUT2D eigenvalue weighted by atomic mass is 35.5. The summed E-state index contributed by atoms with van der Waals surface area (Å²) in [6, 6.07) is 6.30. The van der Waals surface area contributed by atoms with Gasteiger partial charge in [-0.1, -0.05) is 51.2 Å². The number of nitrogens with zero attached hydrogens (tertiary/aromatic N) is 2. The number of likely N-dealkylation sites (tertiary alicyclic amines) is 1. The molecule has 1 aromatic rings. The van der Waals surface area contributed by atoms with Gasteiger partial charge in [0, 0.05) is 19.6 Å². The molecule has 3 fully saturated rings. The Bertz CT molecular complexity index is 974. The molecule has 4 rings (SSSR count). The average Bonchev–Trinajstić information content (AvgIpc) is 2.96. The second kappa shape index (κ2) is 15.2. The number of aliphatic hydroxyl groups is 1. The minimum atomic E-state index is -0.898. The molecule has 2 aliphatic heterocycles. The van der Waals surface area contributed by atoms with Crippen LogP contribution in [0.4, 0.5) is 0 Å². The topological polar surface area (TPSA) is 110 Å². The number of unbranched alkanes of at least 4 members (excludes halogenated alkanes) is 3. The first-order valence-corrected chi connectivity index (χ1v) is 15.2. The van der Waals surface area contributed by atoms with Crippen LogP contribution in [0.5, 0.6) is 0 Å². The molecule has 1 aliphatic carbocycles. The SMILES string of the molecule is CCCCN1C(=O)[C@@H]([C@H](O)C2CCCCC2)NC(=O)C12CCN(CCCCCc1ccc(C(=O)O)cc1)CC2.Cl. The number of carboxylic acids is 1. The second-order valence-corrected chi connectivity index (χ2v) is 11.9. The van der Waals surface area contributed by atoms with Gasteiger partial charge in [-0.15, -0.1) is 12.4 Å². The van der Waals surface area contributed by atoms with Gasteiger partial charge in [0.2, 0.25) is 11.8 Å². The highest BCUT2D eigenvalue weighted by Gasteiger charge is 2.55. The van der Waals surface area contributed by atoms with E-state index in [9.17, 15) is 19.5 Å². The number of carbonyl (C=O) groups is 3. The van der Waals surface area contributed by atoms with Crippen molar-refractivity contribution in [3.63, 3.8) is 0 Å². The number of hydrogen-bond acceptors (Lipinski definition) is 5. The van der Waals surface area contributed by atoms with Crippen molar-refractivity contribution in [1.29, 1.82) is 0 Å². The number of amides is 2. The van der Waals surface area contributed by atoms with E-state index in [0.29, 0.717) is 24.9 Å². The number of hydrogen-bond donors (Lipinski definition) is 3. The molecule has 1 aromatic carbocycles. The number of aryl methyl sites for hydroxylation is 1. The van der Waals surface area contributed by atoms with E-state index < -0.39 is 23.7 Å². The summed E-state index contributed by atoms with van der Waals surface area (Å²) in [5.74, 6) is -0.983. The maximum Gasteiger partial charge on any atom is 0.335 e. The molecule has 2 amide bonds. The van der Waals surface area contributed by atoms with Crippen molar-refractivity contribution in [2.45, 2.75) is 108 Å². The minimum absolute atomic E-state index is 0. The highest BCUT2D eigenvalue weighted by Crippen LogP contribution is 2.36. The quantitative estimate of drug-likeness (QED) is 0.317. The van der Waals surface area contributed by atoms with Crippen LogP contribution in [0.15, 0.2) is 24.3 Å². The maximum atomic E-state index is 13.7. The molecule has 224 valence electrons. The Labute approximate surface area is 245 Å². The molecule has 2 atom stereocenters. The van der Waals surface area contributed by atoms with Crippen LogP contribution in [0.3, 0.4) is 0 Å². The third-order valence-electron chi connectivity index (χ3n) is 9.29. The number of piperidine rings is 1. The first-order chi connectivity index (χ1) is 18.9. The normalized spacial score (nSPS) is 22.6.